The third-order valence-corrected chi connectivity index (χ3v) is 4.51. The van der Waals surface area contributed by atoms with Crippen molar-refractivity contribution in [1.29, 1.82) is 0 Å². The van der Waals surface area contributed by atoms with Gasteiger partial charge in [0, 0.05) is 6.04 Å². The first-order chi connectivity index (χ1) is 12.5. The van der Waals surface area contributed by atoms with Crippen LogP contribution in [-0.2, 0) is 9.53 Å². The van der Waals surface area contributed by atoms with E-state index in [9.17, 15) is 9.59 Å². The van der Waals surface area contributed by atoms with Crippen LogP contribution in [0.2, 0.25) is 0 Å². The number of carbonyl (C=O) groups is 2. The Morgan fingerprint density at radius 3 is 2.62 bits per heavy atom. The summed E-state index contributed by atoms with van der Waals surface area (Å²) in [7, 11) is 1.52. The van der Waals surface area contributed by atoms with Crippen LogP contribution in [0.15, 0.2) is 18.2 Å². The molecule has 0 radical (unpaired) electrons. The molecule has 26 heavy (non-hydrogen) atoms. The van der Waals surface area contributed by atoms with Gasteiger partial charge in [-0.05, 0) is 44.4 Å². The van der Waals surface area contributed by atoms with Crippen LogP contribution in [0, 0.1) is 0 Å². The Hall–Kier alpha value is -2.24. The third-order valence-electron chi connectivity index (χ3n) is 4.51. The van der Waals surface area contributed by atoms with Gasteiger partial charge in [0.1, 0.15) is 0 Å². The lowest BCUT2D eigenvalue weighted by Gasteiger charge is -2.17. The first-order valence-electron chi connectivity index (χ1n) is 9.37. The summed E-state index contributed by atoms with van der Waals surface area (Å²) in [5, 5.41) is 2.93. The fraction of sp³-hybridized carbons (Fsp3) is 0.600. The van der Waals surface area contributed by atoms with E-state index >= 15 is 0 Å². The van der Waals surface area contributed by atoms with Gasteiger partial charge in [0.25, 0.3) is 5.91 Å². The van der Waals surface area contributed by atoms with Crippen molar-refractivity contribution in [2.75, 3.05) is 13.7 Å². The van der Waals surface area contributed by atoms with Crippen LogP contribution in [0.25, 0.3) is 0 Å². The van der Waals surface area contributed by atoms with Crippen LogP contribution >= 0.6 is 0 Å². The fourth-order valence-corrected chi connectivity index (χ4v) is 2.91. The molecular weight excluding hydrogens is 334 g/mol. The predicted octanol–water partition coefficient (Wildman–Crippen LogP) is 3.48. The molecule has 0 heterocycles. The molecule has 1 saturated carbocycles. The van der Waals surface area contributed by atoms with E-state index in [1.54, 1.807) is 25.1 Å². The molecule has 0 aliphatic heterocycles. The van der Waals surface area contributed by atoms with Gasteiger partial charge in [0.15, 0.2) is 17.6 Å². The van der Waals surface area contributed by atoms with E-state index in [1.165, 1.54) is 7.11 Å². The van der Waals surface area contributed by atoms with Crippen molar-refractivity contribution in [2.45, 2.75) is 64.5 Å². The quantitative estimate of drug-likeness (QED) is 0.537. The lowest BCUT2D eigenvalue weighted by Crippen LogP contribution is -2.40. The van der Waals surface area contributed by atoms with Crippen molar-refractivity contribution in [1.82, 2.24) is 5.32 Å². The molecule has 1 amide bonds. The third kappa shape index (κ3) is 5.64. The summed E-state index contributed by atoms with van der Waals surface area (Å²) in [5.74, 6) is 0.248. The molecule has 1 fully saturated rings. The molecule has 144 valence electrons. The van der Waals surface area contributed by atoms with Crippen molar-refractivity contribution in [2.24, 2.45) is 0 Å². The molecule has 0 spiro atoms. The fourth-order valence-electron chi connectivity index (χ4n) is 2.91. The van der Waals surface area contributed by atoms with E-state index in [4.69, 9.17) is 14.2 Å². The summed E-state index contributed by atoms with van der Waals surface area (Å²) in [5.41, 5.74) is 0.324. The number of methoxy groups -OCH3 is 1. The van der Waals surface area contributed by atoms with Gasteiger partial charge in [-0.1, -0.05) is 26.2 Å². The average molecular weight is 363 g/mol. The van der Waals surface area contributed by atoms with Gasteiger partial charge in [0.05, 0.1) is 19.3 Å². The van der Waals surface area contributed by atoms with Crippen molar-refractivity contribution in [3.05, 3.63) is 23.8 Å². The topological polar surface area (TPSA) is 73.9 Å². The lowest BCUT2D eigenvalue weighted by atomic mass is 10.2. The summed E-state index contributed by atoms with van der Waals surface area (Å²) in [6.07, 6.45) is 5.38. The van der Waals surface area contributed by atoms with Gasteiger partial charge < -0.3 is 19.5 Å². The Morgan fingerprint density at radius 1 is 1.23 bits per heavy atom. The standard InChI is InChI=1S/C20H29NO5/c1-4-5-12-25-17-11-10-15(13-18(17)24-3)20(23)26-14(2)19(22)21-16-8-6-7-9-16/h10-11,13-14,16H,4-9,12H2,1-3H3,(H,21,22). The number of nitrogens with one attached hydrogen (secondary N) is 1. The maximum atomic E-state index is 12.3. The number of rotatable bonds is 9. The lowest BCUT2D eigenvalue weighted by molar-refractivity contribution is -0.129. The number of carbonyl (C=O) groups excluding carboxylic acids is 2. The summed E-state index contributed by atoms with van der Waals surface area (Å²) in [4.78, 5) is 24.5. The number of esters is 1. The van der Waals surface area contributed by atoms with Crippen molar-refractivity contribution in [3.63, 3.8) is 0 Å². The molecule has 1 unspecified atom stereocenters. The second-order valence-corrected chi connectivity index (χ2v) is 6.61. The first-order valence-corrected chi connectivity index (χ1v) is 9.37. The van der Waals surface area contributed by atoms with Crippen LogP contribution in [0.1, 0.15) is 62.7 Å². The molecule has 1 aromatic carbocycles. The summed E-state index contributed by atoms with van der Waals surface area (Å²) in [6.45, 7) is 4.26. The number of benzene rings is 1. The molecule has 2 rings (SSSR count). The Bertz CT molecular complexity index is 610. The van der Waals surface area contributed by atoms with E-state index in [0.29, 0.717) is 23.7 Å². The average Bonchev–Trinajstić information content (AvgIpc) is 3.14. The van der Waals surface area contributed by atoms with Gasteiger partial charge in [-0.25, -0.2) is 4.79 Å². The van der Waals surface area contributed by atoms with Gasteiger partial charge in [-0.2, -0.15) is 0 Å². The zero-order valence-electron chi connectivity index (χ0n) is 15.9. The number of unbranched alkanes of at least 4 members (excludes halogenated alkanes) is 1. The van der Waals surface area contributed by atoms with Crippen LogP contribution in [0.5, 0.6) is 11.5 Å². The van der Waals surface area contributed by atoms with Gasteiger partial charge in [-0.3, -0.25) is 4.79 Å². The van der Waals surface area contributed by atoms with Gasteiger partial charge >= 0.3 is 5.97 Å². The van der Waals surface area contributed by atoms with Gasteiger partial charge in [-0.15, -0.1) is 0 Å². The van der Waals surface area contributed by atoms with Gasteiger partial charge in [0.2, 0.25) is 0 Å². The monoisotopic (exact) mass is 363 g/mol. The Balaban J connectivity index is 1.93. The summed E-state index contributed by atoms with van der Waals surface area (Å²) >= 11 is 0. The van der Waals surface area contributed by atoms with Crippen molar-refractivity contribution >= 4 is 11.9 Å². The molecule has 1 N–H and O–H groups in total. The molecule has 6 nitrogen and oxygen atoms in total. The van der Waals surface area contributed by atoms with Crippen molar-refractivity contribution in [3.8, 4) is 11.5 Å². The number of hydrogen-bond donors (Lipinski definition) is 1. The Labute approximate surface area is 155 Å². The maximum absolute atomic E-state index is 12.3. The summed E-state index contributed by atoms with van der Waals surface area (Å²) < 4.78 is 16.3. The molecule has 6 heteroatoms. The van der Waals surface area contributed by atoms with E-state index in [-0.39, 0.29) is 11.9 Å². The SMILES string of the molecule is CCCCOc1ccc(C(=O)OC(C)C(=O)NC2CCCC2)cc1OC. The molecule has 1 aliphatic rings. The largest absolute Gasteiger partial charge is 0.493 e. The number of amides is 1. The van der Waals surface area contributed by atoms with Crippen LogP contribution < -0.4 is 14.8 Å². The minimum absolute atomic E-state index is 0.197. The number of hydrogen-bond acceptors (Lipinski definition) is 5. The molecule has 1 atom stereocenters. The van der Waals surface area contributed by atoms with E-state index < -0.39 is 12.1 Å². The van der Waals surface area contributed by atoms with Crippen LogP contribution in [0.3, 0.4) is 0 Å². The smallest absolute Gasteiger partial charge is 0.339 e. The minimum atomic E-state index is -0.838. The highest BCUT2D eigenvalue weighted by atomic mass is 16.5. The predicted molar refractivity (Wildman–Crippen MR) is 98.7 cm³/mol. The zero-order chi connectivity index (χ0) is 18.9. The number of ether oxygens (including phenoxy) is 3. The van der Waals surface area contributed by atoms with E-state index in [1.807, 2.05) is 0 Å². The Kier molecular flexibility index (Phi) is 7.75. The minimum Gasteiger partial charge on any atom is -0.493 e. The highest BCUT2D eigenvalue weighted by molar-refractivity contribution is 5.92. The van der Waals surface area contributed by atoms with E-state index in [0.717, 1.165) is 38.5 Å². The van der Waals surface area contributed by atoms with Crippen LogP contribution in [0.4, 0.5) is 0 Å². The van der Waals surface area contributed by atoms with Crippen molar-refractivity contribution < 1.29 is 23.8 Å². The normalized spacial score (nSPS) is 15.3. The van der Waals surface area contributed by atoms with E-state index in [2.05, 4.69) is 12.2 Å². The first kappa shape index (κ1) is 20.1. The molecular formula is C20H29NO5. The highest BCUT2D eigenvalue weighted by Crippen LogP contribution is 2.28. The maximum Gasteiger partial charge on any atom is 0.339 e. The molecule has 0 aromatic heterocycles. The van der Waals surface area contributed by atoms with Crippen LogP contribution in [-0.4, -0.2) is 37.7 Å². The second-order valence-electron chi connectivity index (χ2n) is 6.61. The molecule has 1 aromatic rings. The second kappa shape index (κ2) is 10.0. The molecule has 0 bridgehead atoms. The zero-order valence-corrected chi connectivity index (χ0v) is 15.9. The Morgan fingerprint density at radius 2 is 1.96 bits per heavy atom. The highest BCUT2D eigenvalue weighted by Gasteiger charge is 2.24. The molecule has 1 aliphatic carbocycles. The molecule has 0 saturated heterocycles. The summed E-state index contributed by atoms with van der Waals surface area (Å²) in [6, 6.07) is 5.08.